The van der Waals surface area contributed by atoms with Gasteiger partial charge in [-0.1, -0.05) is 5.10 Å². The number of rotatable bonds is 3. The minimum absolute atomic E-state index is 0.700. The summed E-state index contributed by atoms with van der Waals surface area (Å²) in [4.78, 5) is 4.55. The molecule has 2 rings (SSSR count). The van der Waals surface area contributed by atoms with Gasteiger partial charge in [0.25, 0.3) is 0 Å². The van der Waals surface area contributed by atoms with Crippen LogP contribution in [0.2, 0.25) is 0 Å². The van der Waals surface area contributed by atoms with E-state index in [4.69, 9.17) is 11.6 Å². The summed E-state index contributed by atoms with van der Waals surface area (Å²) in [7, 11) is 1.86. The molecule has 0 atom stereocenters. The summed E-state index contributed by atoms with van der Waals surface area (Å²) in [6, 6.07) is 0. The van der Waals surface area contributed by atoms with Crippen molar-refractivity contribution in [2.75, 3.05) is 43.5 Å². The number of hydrogen-bond donors (Lipinski definition) is 0. The highest BCUT2D eigenvalue weighted by atomic mass is 35.5. The van der Waals surface area contributed by atoms with Crippen LogP contribution in [0.15, 0.2) is 0 Å². The zero-order valence-corrected chi connectivity index (χ0v) is 9.56. The van der Waals surface area contributed by atoms with Gasteiger partial charge >= 0.3 is 0 Å². The third kappa shape index (κ3) is 2.38. The molecule has 0 amide bonds. The van der Waals surface area contributed by atoms with Crippen LogP contribution in [0, 0.1) is 0 Å². The predicted molar refractivity (Wildman–Crippen MR) is 58.2 cm³/mol. The Hall–Kier alpha value is -0.880. The number of piperazine rings is 1. The van der Waals surface area contributed by atoms with E-state index in [9.17, 15) is 0 Å². The van der Waals surface area contributed by atoms with Gasteiger partial charge in [-0.3, -0.25) is 4.90 Å². The highest BCUT2D eigenvalue weighted by molar-refractivity contribution is 6.18. The third-order valence-corrected chi connectivity index (χ3v) is 2.82. The van der Waals surface area contributed by atoms with Crippen LogP contribution >= 0.6 is 11.6 Å². The van der Waals surface area contributed by atoms with Gasteiger partial charge in [-0.15, -0.1) is 11.6 Å². The fourth-order valence-corrected chi connectivity index (χ4v) is 2.02. The second kappa shape index (κ2) is 4.76. The largest absolute Gasteiger partial charge is 0.337 e. The van der Waals surface area contributed by atoms with E-state index < -0.39 is 0 Å². The molecule has 7 heteroatoms. The van der Waals surface area contributed by atoms with Crippen LogP contribution in [0.3, 0.4) is 0 Å². The molecular formula is C8H15ClN6. The Labute approximate surface area is 93.8 Å². The van der Waals surface area contributed by atoms with Crippen LogP contribution in [0.5, 0.6) is 0 Å². The lowest BCUT2D eigenvalue weighted by Crippen LogP contribution is -2.47. The lowest BCUT2D eigenvalue weighted by molar-refractivity contribution is 0.270. The van der Waals surface area contributed by atoms with E-state index in [0.717, 1.165) is 38.7 Å². The van der Waals surface area contributed by atoms with Gasteiger partial charge < -0.3 is 4.90 Å². The maximum atomic E-state index is 5.70. The van der Waals surface area contributed by atoms with Crippen molar-refractivity contribution < 1.29 is 0 Å². The molecule has 1 aliphatic rings. The molecule has 1 fully saturated rings. The summed E-state index contributed by atoms with van der Waals surface area (Å²) in [5.74, 6) is 1.55. The number of tetrazole rings is 1. The zero-order chi connectivity index (χ0) is 10.7. The van der Waals surface area contributed by atoms with E-state index >= 15 is 0 Å². The molecule has 0 radical (unpaired) electrons. The van der Waals surface area contributed by atoms with E-state index in [1.807, 2.05) is 7.05 Å². The number of aromatic nitrogens is 4. The van der Waals surface area contributed by atoms with E-state index in [-0.39, 0.29) is 0 Å². The highest BCUT2D eigenvalue weighted by Crippen LogP contribution is 2.10. The molecule has 2 heterocycles. The molecule has 1 aliphatic heterocycles. The van der Waals surface area contributed by atoms with Crippen LogP contribution in [0.1, 0.15) is 0 Å². The average molecular weight is 231 g/mol. The van der Waals surface area contributed by atoms with Crippen molar-refractivity contribution in [3.8, 4) is 0 Å². The van der Waals surface area contributed by atoms with Crippen LogP contribution < -0.4 is 4.90 Å². The molecule has 0 saturated carbocycles. The van der Waals surface area contributed by atoms with Crippen molar-refractivity contribution in [3.05, 3.63) is 0 Å². The quantitative estimate of drug-likeness (QED) is 0.660. The molecular weight excluding hydrogens is 216 g/mol. The maximum absolute atomic E-state index is 5.70. The number of alkyl halides is 1. The van der Waals surface area contributed by atoms with E-state index in [2.05, 4.69) is 25.3 Å². The number of aryl methyl sites for hydroxylation is 1. The normalized spacial score (nSPS) is 18.4. The fourth-order valence-electron chi connectivity index (χ4n) is 1.78. The second-order valence-corrected chi connectivity index (χ2v) is 4.00. The van der Waals surface area contributed by atoms with Gasteiger partial charge in [-0.05, 0) is 10.4 Å². The van der Waals surface area contributed by atoms with Crippen molar-refractivity contribution in [1.82, 2.24) is 25.1 Å². The Morgan fingerprint density at radius 3 is 2.53 bits per heavy atom. The molecule has 0 spiro atoms. The zero-order valence-electron chi connectivity index (χ0n) is 8.80. The Kier molecular flexibility index (Phi) is 3.37. The minimum atomic E-state index is 0.700. The van der Waals surface area contributed by atoms with Gasteiger partial charge in [-0.2, -0.15) is 0 Å². The fraction of sp³-hybridized carbons (Fsp3) is 0.875. The molecule has 0 N–H and O–H groups in total. The maximum Gasteiger partial charge on any atom is 0.245 e. The van der Waals surface area contributed by atoms with Crippen molar-refractivity contribution in [1.29, 1.82) is 0 Å². The summed E-state index contributed by atoms with van der Waals surface area (Å²) in [5, 5.41) is 11.5. The van der Waals surface area contributed by atoms with Gasteiger partial charge in [0.2, 0.25) is 5.95 Å². The average Bonchev–Trinajstić information content (AvgIpc) is 2.66. The van der Waals surface area contributed by atoms with Crippen molar-refractivity contribution in [2.45, 2.75) is 0 Å². The molecule has 84 valence electrons. The molecule has 1 saturated heterocycles. The van der Waals surface area contributed by atoms with Crippen molar-refractivity contribution in [3.63, 3.8) is 0 Å². The van der Waals surface area contributed by atoms with Gasteiger partial charge in [-0.25, -0.2) is 4.68 Å². The first-order valence-electron chi connectivity index (χ1n) is 5.07. The standard InChI is InChI=1S/C8H15ClN6/c1-13-8(10-11-12-13)15-6-4-14(3-2-9)5-7-15/h2-7H2,1H3. The molecule has 0 unspecified atom stereocenters. The lowest BCUT2D eigenvalue weighted by atomic mass is 10.3. The van der Waals surface area contributed by atoms with Crippen LogP contribution in [0.25, 0.3) is 0 Å². The predicted octanol–water partition coefficient (Wildman–Crippen LogP) is -0.429. The molecule has 15 heavy (non-hydrogen) atoms. The molecule has 1 aromatic rings. The van der Waals surface area contributed by atoms with E-state index in [0.29, 0.717) is 5.88 Å². The van der Waals surface area contributed by atoms with Gasteiger partial charge in [0, 0.05) is 45.7 Å². The monoisotopic (exact) mass is 230 g/mol. The first-order valence-corrected chi connectivity index (χ1v) is 5.60. The summed E-state index contributed by atoms with van der Waals surface area (Å²) in [6.45, 7) is 4.95. The first-order chi connectivity index (χ1) is 7.31. The van der Waals surface area contributed by atoms with Crippen LogP contribution in [0.4, 0.5) is 5.95 Å². The molecule has 0 aromatic carbocycles. The van der Waals surface area contributed by atoms with Crippen LogP contribution in [-0.2, 0) is 7.05 Å². The smallest absolute Gasteiger partial charge is 0.245 e. The van der Waals surface area contributed by atoms with Gasteiger partial charge in [0.15, 0.2) is 0 Å². The Morgan fingerprint density at radius 1 is 1.27 bits per heavy atom. The summed E-state index contributed by atoms with van der Waals surface area (Å²) < 4.78 is 1.71. The summed E-state index contributed by atoms with van der Waals surface area (Å²) in [5.41, 5.74) is 0. The summed E-state index contributed by atoms with van der Waals surface area (Å²) >= 11 is 5.70. The Bertz CT molecular complexity index is 306. The number of anilines is 1. The molecule has 0 aliphatic carbocycles. The number of halogens is 1. The topological polar surface area (TPSA) is 50.1 Å². The number of nitrogens with zero attached hydrogens (tertiary/aromatic N) is 6. The van der Waals surface area contributed by atoms with Crippen LogP contribution in [-0.4, -0.2) is 63.7 Å². The molecule has 6 nitrogen and oxygen atoms in total. The Balaban J connectivity index is 1.91. The second-order valence-electron chi connectivity index (χ2n) is 3.62. The first kappa shape index (κ1) is 10.6. The van der Waals surface area contributed by atoms with Crippen molar-refractivity contribution >= 4 is 17.5 Å². The van der Waals surface area contributed by atoms with E-state index in [1.165, 1.54) is 0 Å². The van der Waals surface area contributed by atoms with Gasteiger partial charge in [0.1, 0.15) is 0 Å². The molecule has 1 aromatic heterocycles. The SMILES string of the molecule is Cn1nnnc1N1CCN(CCCl)CC1. The minimum Gasteiger partial charge on any atom is -0.337 e. The lowest BCUT2D eigenvalue weighted by Gasteiger charge is -2.34. The Morgan fingerprint density at radius 2 is 2.00 bits per heavy atom. The van der Waals surface area contributed by atoms with Crippen molar-refractivity contribution in [2.24, 2.45) is 7.05 Å². The highest BCUT2D eigenvalue weighted by Gasteiger charge is 2.19. The van der Waals surface area contributed by atoms with Gasteiger partial charge in [0.05, 0.1) is 0 Å². The third-order valence-electron chi connectivity index (χ3n) is 2.65. The van der Waals surface area contributed by atoms with E-state index in [1.54, 1.807) is 4.68 Å². The summed E-state index contributed by atoms with van der Waals surface area (Å²) in [6.07, 6.45) is 0. The number of hydrogen-bond acceptors (Lipinski definition) is 5. The molecule has 0 bridgehead atoms.